The van der Waals surface area contributed by atoms with Crippen molar-refractivity contribution in [3.8, 4) is 0 Å². The standard InChI is InChI=1S/C8H12N/c1-2-4-8-6-9-5-7(8)3-1/h1,3,7-8H,2,4-6H2. The van der Waals surface area contributed by atoms with Crippen LogP contribution < -0.4 is 5.32 Å². The maximum atomic E-state index is 4.38. The maximum Gasteiger partial charge on any atom is 0.0199 e. The molecule has 1 nitrogen and oxygen atoms in total. The van der Waals surface area contributed by atoms with Crippen LogP contribution in [0.5, 0.6) is 0 Å². The molecule has 1 aliphatic heterocycles. The summed E-state index contributed by atoms with van der Waals surface area (Å²) in [5, 5.41) is 4.38. The van der Waals surface area contributed by atoms with Gasteiger partial charge in [-0.25, -0.2) is 5.32 Å². The number of hydrogen-bond donors (Lipinski definition) is 0. The van der Waals surface area contributed by atoms with E-state index in [9.17, 15) is 0 Å². The average molecular weight is 122 g/mol. The third kappa shape index (κ3) is 0.897. The molecular weight excluding hydrogens is 110 g/mol. The van der Waals surface area contributed by atoms with Gasteiger partial charge >= 0.3 is 0 Å². The minimum absolute atomic E-state index is 0.818. The Morgan fingerprint density at radius 2 is 2.33 bits per heavy atom. The first-order valence-electron chi connectivity index (χ1n) is 3.77. The van der Waals surface area contributed by atoms with Gasteiger partial charge in [0.15, 0.2) is 0 Å². The van der Waals surface area contributed by atoms with Crippen LogP contribution in [0.15, 0.2) is 12.2 Å². The van der Waals surface area contributed by atoms with Gasteiger partial charge in [-0.1, -0.05) is 12.2 Å². The van der Waals surface area contributed by atoms with Crippen molar-refractivity contribution in [3.05, 3.63) is 12.2 Å². The molecule has 0 spiro atoms. The summed E-state index contributed by atoms with van der Waals surface area (Å²) < 4.78 is 0. The van der Waals surface area contributed by atoms with Crippen molar-refractivity contribution in [1.82, 2.24) is 5.32 Å². The Hall–Kier alpha value is -0.300. The van der Waals surface area contributed by atoms with E-state index in [0.29, 0.717) is 0 Å². The molecule has 0 aromatic heterocycles. The minimum Gasteiger partial charge on any atom is -0.241 e. The highest BCUT2D eigenvalue weighted by Crippen LogP contribution is 2.27. The van der Waals surface area contributed by atoms with Gasteiger partial charge in [-0.15, -0.1) is 0 Å². The van der Waals surface area contributed by atoms with Crippen molar-refractivity contribution in [1.29, 1.82) is 0 Å². The lowest BCUT2D eigenvalue weighted by molar-refractivity contribution is 0.442. The quantitative estimate of drug-likeness (QED) is 0.428. The maximum absolute atomic E-state index is 4.38. The van der Waals surface area contributed by atoms with Crippen LogP contribution in [0.25, 0.3) is 0 Å². The molecule has 0 N–H and O–H groups in total. The second-order valence-corrected chi connectivity index (χ2v) is 3.02. The van der Waals surface area contributed by atoms with Gasteiger partial charge in [0, 0.05) is 13.1 Å². The lowest BCUT2D eigenvalue weighted by Gasteiger charge is -2.17. The van der Waals surface area contributed by atoms with E-state index in [2.05, 4.69) is 17.5 Å². The fraction of sp³-hybridized carbons (Fsp3) is 0.750. The monoisotopic (exact) mass is 122 g/mol. The topological polar surface area (TPSA) is 14.1 Å². The first kappa shape index (κ1) is 5.48. The summed E-state index contributed by atoms with van der Waals surface area (Å²) in [7, 11) is 0. The first-order valence-corrected chi connectivity index (χ1v) is 3.77. The molecule has 2 unspecified atom stereocenters. The SMILES string of the molecule is C1=CC2C[N]CC2CC1. The summed E-state index contributed by atoms with van der Waals surface area (Å²) >= 11 is 0. The van der Waals surface area contributed by atoms with Crippen LogP contribution in [-0.2, 0) is 0 Å². The molecule has 1 saturated heterocycles. The molecule has 2 atom stereocenters. The summed E-state index contributed by atoms with van der Waals surface area (Å²) in [5.41, 5.74) is 0. The van der Waals surface area contributed by atoms with Crippen LogP contribution in [0.3, 0.4) is 0 Å². The molecule has 1 aliphatic carbocycles. The summed E-state index contributed by atoms with van der Waals surface area (Å²) in [6.07, 6.45) is 7.33. The van der Waals surface area contributed by atoms with Crippen molar-refractivity contribution in [2.75, 3.05) is 13.1 Å². The van der Waals surface area contributed by atoms with Crippen LogP contribution in [0, 0.1) is 11.8 Å². The van der Waals surface area contributed by atoms with Crippen molar-refractivity contribution >= 4 is 0 Å². The summed E-state index contributed by atoms with van der Waals surface area (Å²) in [6.45, 7) is 2.23. The lowest BCUT2D eigenvalue weighted by Crippen LogP contribution is -2.12. The minimum atomic E-state index is 0.818. The van der Waals surface area contributed by atoms with Crippen molar-refractivity contribution in [2.45, 2.75) is 12.8 Å². The highest BCUT2D eigenvalue weighted by Gasteiger charge is 2.26. The van der Waals surface area contributed by atoms with E-state index in [0.717, 1.165) is 24.9 Å². The van der Waals surface area contributed by atoms with Crippen molar-refractivity contribution in [2.24, 2.45) is 11.8 Å². The van der Waals surface area contributed by atoms with Gasteiger partial charge < -0.3 is 0 Å². The first-order chi connectivity index (χ1) is 4.47. The van der Waals surface area contributed by atoms with Gasteiger partial charge in [-0.05, 0) is 24.7 Å². The average Bonchev–Trinajstić information content (AvgIpc) is 2.33. The molecule has 9 heavy (non-hydrogen) atoms. The Bertz CT molecular complexity index is 129. The van der Waals surface area contributed by atoms with Crippen LogP contribution in [0.4, 0.5) is 0 Å². The molecule has 0 saturated carbocycles. The van der Waals surface area contributed by atoms with Crippen molar-refractivity contribution in [3.63, 3.8) is 0 Å². The molecule has 0 amide bonds. The summed E-state index contributed by atoms with van der Waals surface area (Å²) in [5.74, 6) is 1.73. The Balaban J connectivity index is 2.10. The molecule has 1 radical (unpaired) electrons. The molecule has 2 aliphatic rings. The second kappa shape index (κ2) is 2.14. The van der Waals surface area contributed by atoms with Gasteiger partial charge in [-0.3, -0.25) is 0 Å². The van der Waals surface area contributed by atoms with Gasteiger partial charge in [0.2, 0.25) is 0 Å². The largest absolute Gasteiger partial charge is 0.241 e. The highest BCUT2D eigenvalue weighted by molar-refractivity contribution is 5.01. The predicted molar refractivity (Wildman–Crippen MR) is 37.2 cm³/mol. The number of rotatable bonds is 0. The van der Waals surface area contributed by atoms with Gasteiger partial charge in [0.25, 0.3) is 0 Å². The van der Waals surface area contributed by atoms with E-state index >= 15 is 0 Å². The molecule has 2 rings (SSSR count). The van der Waals surface area contributed by atoms with Crippen LogP contribution in [0.2, 0.25) is 0 Å². The fourth-order valence-corrected chi connectivity index (χ4v) is 1.78. The van der Waals surface area contributed by atoms with E-state index in [4.69, 9.17) is 0 Å². The van der Waals surface area contributed by atoms with E-state index < -0.39 is 0 Å². The number of allylic oxidation sites excluding steroid dienone is 1. The van der Waals surface area contributed by atoms with Crippen LogP contribution in [0.1, 0.15) is 12.8 Å². The zero-order valence-electron chi connectivity index (χ0n) is 5.59. The fourth-order valence-electron chi connectivity index (χ4n) is 1.78. The molecule has 0 aromatic rings. The van der Waals surface area contributed by atoms with Crippen LogP contribution in [-0.4, -0.2) is 13.1 Å². The molecule has 1 heteroatoms. The normalized spacial score (nSPS) is 40.9. The molecule has 0 aromatic carbocycles. The Kier molecular flexibility index (Phi) is 1.31. The molecule has 1 heterocycles. The second-order valence-electron chi connectivity index (χ2n) is 3.02. The number of nitrogens with zero attached hydrogens (tertiary/aromatic N) is 1. The Labute approximate surface area is 56.1 Å². The van der Waals surface area contributed by atoms with Gasteiger partial charge in [0.1, 0.15) is 0 Å². The number of fused-ring (bicyclic) bond motifs is 1. The van der Waals surface area contributed by atoms with Gasteiger partial charge in [-0.2, -0.15) is 0 Å². The number of hydrogen-bond acceptors (Lipinski definition) is 0. The van der Waals surface area contributed by atoms with Gasteiger partial charge in [0.05, 0.1) is 0 Å². The molecule has 0 bridgehead atoms. The van der Waals surface area contributed by atoms with E-state index in [1.165, 1.54) is 12.8 Å². The predicted octanol–water partition coefficient (Wildman–Crippen LogP) is 1.19. The third-order valence-electron chi connectivity index (χ3n) is 2.40. The van der Waals surface area contributed by atoms with E-state index in [1.54, 1.807) is 0 Å². The van der Waals surface area contributed by atoms with Crippen molar-refractivity contribution < 1.29 is 0 Å². The Morgan fingerprint density at radius 3 is 3.22 bits per heavy atom. The summed E-state index contributed by atoms with van der Waals surface area (Å²) in [4.78, 5) is 0. The molecular formula is C8H12N. The summed E-state index contributed by atoms with van der Waals surface area (Å²) in [6, 6.07) is 0. The molecule has 49 valence electrons. The van der Waals surface area contributed by atoms with E-state index in [-0.39, 0.29) is 0 Å². The highest BCUT2D eigenvalue weighted by atomic mass is 14.9. The van der Waals surface area contributed by atoms with Crippen LogP contribution >= 0.6 is 0 Å². The third-order valence-corrected chi connectivity index (χ3v) is 2.40. The Morgan fingerprint density at radius 1 is 1.33 bits per heavy atom. The lowest BCUT2D eigenvalue weighted by atomic mass is 9.87. The molecule has 1 fully saturated rings. The smallest absolute Gasteiger partial charge is 0.0199 e. The zero-order valence-corrected chi connectivity index (χ0v) is 5.59. The van der Waals surface area contributed by atoms with E-state index in [1.807, 2.05) is 0 Å². The zero-order chi connectivity index (χ0) is 6.10.